The van der Waals surface area contributed by atoms with Crippen LogP contribution in [0.4, 0.5) is 0 Å². The van der Waals surface area contributed by atoms with Gasteiger partial charge in [0.25, 0.3) is 5.56 Å². The molecule has 2 rings (SSSR count). The molecule has 0 fully saturated rings. The summed E-state index contributed by atoms with van der Waals surface area (Å²) in [6, 6.07) is 8.81. The first kappa shape index (κ1) is 17.9. The van der Waals surface area contributed by atoms with E-state index in [0.29, 0.717) is 16.1 Å². The summed E-state index contributed by atoms with van der Waals surface area (Å²) in [4.78, 5) is 29.3. The van der Waals surface area contributed by atoms with Crippen molar-refractivity contribution in [3.8, 4) is 6.07 Å². The van der Waals surface area contributed by atoms with E-state index >= 15 is 0 Å². The van der Waals surface area contributed by atoms with Gasteiger partial charge < -0.3 is 5.41 Å². The lowest BCUT2D eigenvalue weighted by atomic mass is 10.0. The molecule has 0 unspecified atom stereocenters. The Morgan fingerprint density at radius 1 is 1.42 bits per heavy atom. The first-order valence-corrected chi connectivity index (χ1v) is 8.46. The fourth-order valence-electron chi connectivity index (χ4n) is 2.31. The van der Waals surface area contributed by atoms with Crippen LogP contribution in [0.1, 0.15) is 26.8 Å². The van der Waals surface area contributed by atoms with Crippen molar-refractivity contribution < 1.29 is 4.79 Å². The predicted octanol–water partition coefficient (Wildman–Crippen LogP) is 2.82. The third kappa shape index (κ3) is 3.54. The fourth-order valence-corrected chi connectivity index (χ4v) is 3.35. The summed E-state index contributed by atoms with van der Waals surface area (Å²) in [6.07, 6.45) is 0. The molecule has 1 N–H and O–H groups in total. The van der Waals surface area contributed by atoms with Crippen LogP contribution in [-0.2, 0) is 4.79 Å². The number of nitrogens with zero attached hydrogens (tertiary/aromatic N) is 3. The zero-order valence-electron chi connectivity index (χ0n) is 13.7. The average Bonchev–Trinajstić information content (AvgIpc) is 2.53. The third-order valence-corrected chi connectivity index (χ3v) is 4.49. The van der Waals surface area contributed by atoms with E-state index in [9.17, 15) is 9.59 Å². The first-order chi connectivity index (χ1) is 11.4. The molecule has 0 spiro atoms. The summed E-state index contributed by atoms with van der Waals surface area (Å²) in [7, 11) is 0. The van der Waals surface area contributed by atoms with Gasteiger partial charge in [0.2, 0.25) is 0 Å². The number of fused-ring (bicyclic) bond motifs is 1. The summed E-state index contributed by atoms with van der Waals surface area (Å²) < 4.78 is 1.55. The molecule has 0 aliphatic heterocycles. The maximum absolute atomic E-state index is 12.7. The zero-order valence-corrected chi connectivity index (χ0v) is 14.6. The van der Waals surface area contributed by atoms with Gasteiger partial charge in [-0.15, -0.1) is 0 Å². The van der Waals surface area contributed by atoms with Crippen molar-refractivity contribution in [3.63, 3.8) is 0 Å². The molecule has 24 heavy (non-hydrogen) atoms. The molecule has 6 nitrogen and oxygen atoms in total. The van der Waals surface area contributed by atoms with Crippen LogP contribution >= 0.6 is 11.8 Å². The summed E-state index contributed by atoms with van der Waals surface area (Å²) >= 11 is 1.13. The van der Waals surface area contributed by atoms with Gasteiger partial charge in [-0.1, -0.05) is 23.9 Å². The maximum atomic E-state index is 12.7. The van der Waals surface area contributed by atoms with E-state index in [2.05, 4.69) is 4.98 Å². The molecular formula is C17H18N4O2S. The molecule has 0 aliphatic rings. The van der Waals surface area contributed by atoms with E-state index in [0.717, 1.165) is 11.8 Å². The second kappa shape index (κ2) is 7.41. The molecule has 0 aliphatic carbocycles. The van der Waals surface area contributed by atoms with E-state index in [1.165, 1.54) is 6.92 Å². The van der Waals surface area contributed by atoms with Gasteiger partial charge in [0.1, 0.15) is 5.92 Å². The Labute approximate surface area is 144 Å². The van der Waals surface area contributed by atoms with E-state index in [4.69, 9.17) is 10.7 Å². The smallest absolute Gasteiger partial charge is 0.262 e. The Kier molecular flexibility index (Phi) is 5.52. The van der Waals surface area contributed by atoms with Crippen molar-refractivity contribution in [3.05, 3.63) is 34.6 Å². The van der Waals surface area contributed by atoms with Gasteiger partial charge >= 0.3 is 0 Å². The highest BCUT2D eigenvalue weighted by molar-refractivity contribution is 7.99. The highest BCUT2D eigenvalue weighted by Crippen LogP contribution is 2.21. The van der Waals surface area contributed by atoms with Crippen molar-refractivity contribution >= 4 is 34.2 Å². The number of hydrogen-bond donors (Lipinski definition) is 1. The van der Waals surface area contributed by atoms with E-state index < -0.39 is 5.92 Å². The number of aromatic nitrogens is 2. The van der Waals surface area contributed by atoms with Crippen molar-refractivity contribution in [2.24, 2.45) is 5.92 Å². The van der Waals surface area contributed by atoms with Gasteiger partial charge in [-0.3, -0.25) is 14.2 Å². The summed E-state index contributed by atoms with van der Waals surface area (Å²) in [6.45, 7) is 5.20. The van der Waals surface area contributed by atoms with E-state index in [1.807, 2.05) is 19.9 Å². The lowest BCUT2D eigenvalue weighted by molar-refractivity contribution is -0.117. The molecule has 0 saturated carbocycles. The zero-order chi connectivity index (χ0) is 17.9. The monoisotopic (exact) mass is 342 g/mol. The summed E-state index contributed by atoms with van der Waals surface area (Å²) in [5.74, 6) is -1.41. The van der Waals surface area contributed by atoms with Gasteiger partial charge in [0.15, 0.2) is 10.9 Å². The maximum Gasteiger partial charge on any atom is 0.262 e. The van der Waals surface area contributed by atoms with Crippen LogP contribution in [0.2, 0.25) is 0 Å². The van der Waals surface area contributed by atoms with E-state index in [1.54, 1.807) is 28.8 Å². The van der Waals surface area contributed by atoms with E-state index in [-0.39, 0.29) is 28.8 Å². The Balaban J connectivity index is 2.40. The Bertz CT molecular complexity index is 896. The Hall–Kier alpha value is -2.46. The van der Waals surface area contributed by atoms with Crippen LogP contribution in [0.3, 0.4) is 0 Å². The fraction of sp³-hybridized carbons (Fsp3) is 0.353. The highest BCUT2D eigenvalue weighted by atomic mass is 32.2. The van der Waals surface area contributed by atoms with Crippen LogP contribution in [0.5, 0.6) is 0 Å². The van der Waals surface area contributed by atoms with Crippen LogP contribution in [-0.4, -0.2) is 26.8 Å². The number of rotatable bonds is 6. The minimum atomic E-state index is -1.04. The number of carbonyl (C=O) groups excluding carboxylic acids is 1. The Morgan fingerprint density at radius 2 is 2.08 bits per heavy atom. The number of ketones is 1. The van der Waals surface area contributed by atoms with Gasteiger partial charge in [-0.25, -0.2) is 4.98 Å². The predicted molar refractivity (Wildman–Crippen MR) is 94.6 cm³/mol. The highest BCUT2D eigenvalue weighted by Gasteiger charge is 2.22. The van der Waals surface area contributed by atoms with Crippen molar-refractivity contribution in [1.29, 1.82) is 10.7 Å². The largest absolute Gasteiger partial charge is 0.308 e. The molecule has 1 aromatic heterocycles. The molecule has 0 amide bonds. The average molecular weight is 342 g/mol. The number of nitriles is 1. The van der Waals surface area contributed by atoms with Crippen molar-refractivity contribution in [2.45, 2.75) is 32.0 Å². The molecule has 1 atom stereocenters. The minimum absolute atomic E-state index is 0.00799. The van der Waals surface area contributed by atoms with Gasteiger partial charge in [0.05, 0.1) is 22.7 Å². The quantitative estimate of drug-likeness (QED) is 0.494. The first-order valence-electron chi connectivity index (χ1n) is 7.48. The molecule has 0 bridgehead atoms. The molecule has 2 aromatic rings. The lowest BCUT2D eigenvalue weighted by Crippen LogP contribution is -2.26. The van der Waals surface area contributed by atoms with Crippen LogP contribution in [0.25, 0.3) is 10.9 Å². The molecule has 1 heterocycles. The summed E-state index contributed by atoms with van der Waals surface area (Å²) in [5, 5.41) is 17.5. The molecule has 124 valence electrons. The Morgan fingerprint density at radius 3 is 2.67 bits per heavy atom. The van der Waals surface area contributed by atoms with Gasteiger partial charge in [-0.05, 0) is 32.9 Å². The second-order valence-electron chi connectivity index (χ2n) is 5.68. The number of carbonyl (C=O) groups is 1. The number of benzene rings is 1. The molecule has 1 aromatic carbocycles. The third-order valence-electron chi connectivity index (χ3n) is 3.52. The standard InChI is InChI=1S/C17H18N4O2S/c1-10(2)21-16(23)12-6-4-5-7-14(12)20-17(21)24-9-15(22)13(8-18)11(3)19/h4-7,10,13,19H,9H2,1-3H3/t13-/m0/s1. The van der Waals surface area contributed by atoms with Gasteiger partial charge in [-0.2, -0.15) is 5.26 Å². The number of thioether (sulfide) groups is 1. The SMILES string of the molecule is CC(=N)[C@H](C#N)C(=O)CSc1nc2ccccc2c(=O)n1C(C)C. The molecule has 7 heteroatoms. The topological polar surface area (TPSA) is 99.6 Å². The van der Waals surface area contributed by atoms with Crippen LogP contribution in [0.15, 0.2) is 34.2 Å². The number of nitrogens with one attached hydrogen (secondary N) is 1. The van der Waals surface area contributed by atoms with Gasteiger partial charge in [0, 0.05) is 11.8 Å². The summed E-state index contributed by atoms with van der Waals surface area (Å²) in [5.41, 5.74) is 0.454. The second-order valence-corrected chi connectivity index (χ2v) is 6.62. The molecular weight excluding hydrogens is 324 g/mol. The molecule has 0 radical (unpaired) electrons. The lowest BCUT2D eigenvalue weighted by Gasteiger charge is -2.16. The number of Topliss-reactive ketones (excluding diaryl/α,β-unsaturated/α-hetero) is 1. The van der Waals surface area contributed by atoms with Crippen molar-refractivity contribution in [2.75, 3.05) is 5.75 Å². The normalized spacial score (nSPS) is 12.1. The van der Waals surface area contributed by atoms with Crippen LogP contribution < -0.4 is 5.56 Å². The van der Waals surface area contributed by atoms with Crippen LogP contribution in [0, 0.1) is 22.7 Å². The number of hydrogen-bond acceptors (Lipinski definition) is 6. The number of para-hydroxylation sites is 1. The minimum Gasteiger partial charge on any atom is -0.308 e. The molecule has 0 saturated heterocycles. The van der Waals surface area contributed by atoms with Crippen molar-refractivity contribution in [1.82, 2.24) is 9.55 Å².